The molecule has 0 aliphatic heterocycles. The second-order valence-corrected chi connectivity index (χ2v) is 8.46. The Morgan fingerprint density at radius 1 is 1.24 bits per heavy atom. The monoisotopic (exact) mass is 335 g/mol. The molecule has 1 fully saturated rings. The van der Waals surface area contributed by atoms with Gasteiger partial charge in [0.25, 0.3) is 6.04 Å². The molecule has 1 N–H and O–H groups in total. The Morgan fingerprint density at radius 2 is 1.96 bits per heavy atom. The van der Waals surface area contributed by atoms with Crippen molar-refractivity contribution in [2.45, 2.75) is 57.6 Å². The summed E-state index contributed by atoms with van der Waals surface area (Å²) in [5, 5.41) is 15.7. The van der Waals surface area contributed by atoms with E-state index in [-0.39, 0.29) is 16.9 Å². The quantitative estimate of drug-likeness (QED) is 0.806. The van der Waals surface area contributed by atoms with Gasteiger partial charge in [-0.3, -0.25) is 0 Å². The Balaban J connectivity index is 1.82. The summed E-state index contributed by atoms with van der Waals surface area (Å²) in [6.45, 7) is 14.1. The van der Waals surface area contributed by atoms with E-state index in [1.807, 2.05) is 22.9 Å². The molecular formula is C21H25N3O. The van der Waals surface area contributed by atoms with Crippen LogP contribution in [0.2, 0.25) is 0 Å². The van der Waals surface area contributed by atoms with Crippen molar-refractivity contribution >= 4 is 0 Å². The van der Waals surface area contributed by atoms with Crippen molar-refractivity contribution in [3.8, 4) is 5.69 Å². The molecule has 0 amide bonds. The number of hydrogen-bond donors (Lipinski definition) is 1. The molecular weight excluding hydrogens is 310 g/mol. The van der Waals surface area contributed by atoms with Crippen LogP contribution in [0.15, 0.2) is 36.5 Å². The van der Waals surface area contributed by atoms with Crippen LogP contribution in [0.5, 0.6) is 0 Å². The summed E-state index contributed by atoms with van der Waals surface area (Å²) < 4.78 is 1.98. The lowest BCUT2D eigenvalue weighted by Gasteiger charge is -2.54. The lowest BCUT2D eigenvalue weighted by atomic mass is 9.49. The van der Waals surface area contributed by atoms with Crippen LogP contribution in [0.3, 0.4) is 0 Å². The summed E-state index contributed by atoms with van der Waals surface area (Å²) in [6, 6.07) is 9.83. The van der Waals surface area contributed by atoms with Crippen molar-refractivity contribution in [2.24, 2.45) is 11.3 Å². The van der Waals surface area contributed by atoms with Crippen molar-refractivity contribution in [1.82, 2.24) is 9.78 Å². The fourth-order valence-electron chi connectivity index (χ4n) is 5.37. The van der Waals surface area contributed by atoms with Gasteiger partial charge in [-0.1, -0.05) is 39.0 Å². The van der Waals surface area contributed by atoms with Crippen molar-refractivity contribution in [3.63, 3.8) is 0 Å². The van der Waals surface area contributed by atoms with Crippen LogP contribution in [-0.2, 0) is 11.8 Å². The lowest BCUT2D eigenvalue weighted by molar-refractivity contribution is -0.0782. The number of nitrogens with zero attached hydrogens (tertiary/aromatic N) is 3. The molecule has 1 aromatic heterocycles. The predicted octanol–water partition coefficient (Wildman–Crippen LogP) is 3.77. The molecule has 130 valence electrons. The van der Waals surface area contributed by atoms with Crippen LogP contribution < -0.4 is 0 Å². The molecule has 4 nitrogen and oxygen atoms in total. The minimum absolute atomic E-state index is 0.161. The maximum atomic E-state index is 10.7. The molecule has 0 bridgehead atoms. The Hall–Kier alpha value is -2.12. The first kappa shape index (κ1) is 16.4. The molecule has 2 aliphatic rings. The van der Waals surface area contributed by atoms with Gasteiger partial charge in [-0.15, -0.1) is 0 Å². The fraction of sp³-hybridized carbons (Fsp3) is 0.524. The van der Waals surface area contributed by atoms with E-state index in [0.29, 0.717) is 12.3 Å². The van der Waals surface area contributed by atoms with Crippen molar-refractivity contribution < 1.29 is 5.11 Å². The van der Waals surface area contributed by atoms with Crippen LogP contribution in [-0.4, -0.2) is 27.0 Å². The smallest absolute Gasteiger partial charge is 0.250 e. The first-order valence-corrected chi connectivity index (χ1v) is 9.07. The summed E-state index contributed by atoms with van der Waals surface area (Å²) >= 11 is 0. The molecule has 1 aromatic carbocycles. The highest BCUT2D eigenvalue weighted by atomic mass is 16.3. The van der Waals surface area contributed by atoms with E-state index < -0.39 is 6.10 Å². The number of aromatic nitrogens is 2. The van der Waals surface area contributed by atoms with Gasteiger partial charge >= 0.3 is 0 Å². The molecule has 2 aliphatic carbocycles. The van der Waals surface area contributed by atoms with Gasteiger partial charge in [-0.05, 0) is 36.5 Å². The third kappa shape index (κ3) is 2.26. The van der Waals surface area contributed by atoms with Gasteiger partial charge in [0.05, 0.1) is 11.4 Å². The van der Waals surface area contributed by atoms with E-state index in [9.17, 15) is 5.11 Å². The second kappa shape index (κ2) is 5.44. The topological polar surface area (TPSA) is 42.4 Å². The Bertz CT molecular complexity index is 833. The fourth-order valence-corrected chi connectivity index (χ4v) is 5.37. The van der Waals surface area contributed by atoms with E-state index in [1.165, 1.54) is 5.56 Å². The van der Waals surface area contributed by atoms with E-state index >= 15 is 0 Å². The molecule has 4 rings (SSSR count). The highest BCUT2D eigenvalue weighted by molar-refractivity contribution is 5.38. The second-order valence-electron chi connectivity index (χ2n) is 8.46. The van der Waals surface area contributed by atoms with Gasteiger partial charge < -0.3 is 9.95 Å². The molecule has 1 heterocycles. The molecule has 4 heteroatoms. The molecule has 1 saturated carbocycles. The minimum Gasteiger partial charge on any atom is -0.384 e. The number of aryl methyl sites for hydroxylation is 1. The normalized spacial score (nSPS) is 33.2. The summed E-state index contributed by atoms with van der Waals surface area (Å²) in [7, 11) is 0. The highest BCUT2D eigenvalue weighted by Crippen LogP contribution is 2.57. The SMILES string of the molecule is [C-]#[N+]C1C[C@]2(C)c3nn(-c4ccccc4)cc3CC[C@H]2C(C)(C)C1O. The zero-order valence-electron chi connectivity index (χ0n) is 15.1. The van der Waals surface area contributed by atoms with Crippen molar-refractivity contribution in [2.75, 3.05) is 0 Å². The van der Waals surface area contributed by atoms with Crippen molar-refractivity contribution in [1.29, 1.82) is 0 Å². The van der Waals surface area contributed by atoms with Gasteiger partial charge in [0, 0.05) is 23.4 Å². The Morgan fingerprint density at radius 3 is 2.64 bits per heavy atom. The maximum Gasteiger partial charge on any atom is 0.250 e. The predicted molar refractivity (Wildman–Crippen MR) is 97.5 cm³/mol. The number of rotatable bonds is 1. The first-order valence-electron chi connectivity index (χ1n) is 9.07. The standard InChI is InChI=1S/C21H25N3O/c1-20(2)17-11-10-14-13-24(15-8-6-5-7-9-15)23-18(14)21(17,3)12-16(22-4)19(20)25/h5-9,13,16-17,19,25H,10-12H2,1-3H3/t16?,17-,19?,21-/m0/s1. The Kier molecular flexibility index (Phi) is 3.56. The number of hydrogen-bond acceptors (Lipinski definition) is 2. The third-order valence-electron chi connectivity index (χ3n) is 6.65. The van der Waals surface area contributed by atoms with Gasteiger partial charge in [-0.2, -0.15) is 5.10 Å². The Labute approximate surface area is 149 Å². The van der Waals surface area contributed by atoms with Gasteiger partial charge in [0.15, 0.2) is 0 Å². The summed E-state index contributed by atoms with van der Waals surface area (Å²) in [6.07, 6.45) is 4.29. The minimum atomic E-state index is -0.569. The zero-order chi connectivity index (χ0) is 17.8. The van der Waals surface area contributed by atoms with Gasteiger partial charge in [0.1, 0.15) is 6.10 Å². The molecule has 0 saturated heterocycles. The molecule has 0 spiro atoms. The van der Waals surface area contributed by atoms with Crippen LogP contribution in [0.1, 0.15) is 44.9 Å². The van der Waals surface area contributed by atoms with E-state index in [0.717, 1.165) is 24.2 Å². The summed E-state index contributed by atoms with van der Waals surface area (Å²) in [5.74, 6) is 0.333. The largest absolute Gasteiger partial charge is 0.384 e. The van der Waals surface area contributed by atoms with E-state index in [2.05, 4.69) is 43.9 Å². The van der Waals surface area contributed by atoms with Crippen LogP contribution in [0.4, 0.5) is 0 Å². The van der Waals surface area contributed by atoms with Crippen LogP contribution >= 0.6 is 0 Å². The van der Waals surface area contributed by atoms with Gasteiger partial charge in [-0.25, -0.2) is 11.3 Å². The number of para-hydroxylation sites is 1. The number of benzene rings is 1. The average molecular weight is 335 g/mol. The number of fused-ring (bicyclic) bond motifs is 3. The average Bonchev–Trinajstić information content (AvgIpc) is 3.05. The first-order chi connectivity index (χ1) is 11.9. The van der Waals surface area contributed by atoms with Gasteiger partial charge in [0.2, 0.25) is 0 Å². The molecule has 0 radical (unpaired) electrons. The number of aliphatic hydroxyl groups is 1. The third-order valence-corrected chi connectivity index (χ3v) is 6.65. The summed E-state index contributed by atoms with van der Waals surface area (Å²) in [5.41, 5.74) is 3.04. The van der Waals surface area contributed by atoms with Crippen LogP contribution in [0, 0.1) is 17.9 Å². The zero-order valence-corrected chi connectivity index (χ0v) is 15.1. The lowest BCUT2D eigenvalue weighted by Crippen LogP contribution is -2.58. The van der Waals surface area contributed by atoms with Crippen molar-refractivity contribution in [3.05, 3.63) is 59.2 Å². The summed E-state index contributed by atoms with van der Waals surface area (Å²) in [4.78, 5) is 3.76. The molecule has 25 heavy (non-hydrogen) atoms. The molecule has 2 unspecified atom stereocenters. The number of aliphatic hydroxyl groups excluding tert-OH is 1. The van der Waals surface area contributed by atoms with E-state index in [1.54, 1.807) is 0 Å². The molecule has 4 atom stereocenters. The van der Waals surface area contributed by atoms with E-state index in [4.69, 9.17) is 11.7 Å². The van der Waals surface area contributed by atoms with Crippen LogP contribution in [0.25, 0.3) is 10.5 Å². The highest BCUT2D eigenvalue weighted by Gasteiger charge is 2.60. The molecule has 2 aromatic rings. The maximum absolute atomic E-state index is 10.7.